The summed E-state index contributed by atoms with van der Waals surface area (Å²) < 4.78 is 12.1. The van der Waals surface area contributed by atoms with Crippen molar-refractivity contribution in [1.29, 1.82) is 0 Å². The van der Waals surface area contributed by atoms with Crippen LogP contribution in [0.5, 0.6) is 0 Å². The van der Waals surface area contributed by atoms with Gasteiger partial charge >= 0.3 is 5.63 Å². The number of nitrogens with one attached hydrogen (secondary N) is 1. The molecule has 252 valence electrons. The molecule has 47 heavy (non-hydrogen) atoms. The second kappa shape index (κ2) is 15.5. The van der Waals surface area contributed by atoms with Crippen LogP contribution in [0.4, 0.5) is 11.4 Å². The highest BCUT2D eigenvalue weighted by atomic mass is 16.6. The Morgan fingerprint density at radius 3 is 1.96 bits per heavy atom. The molecule has 5 unspecified atom stereocenters. The summed E-state index contributed by atoms with van der Waals surface area (Å²) in [6.45, 7) is 3.71. The van der Waals surface area contributed by atoms with Crippen LogP contribution in [0.1, 0.15) is 86.7 Å². The number of hydroxylamine groups is 1. The molecule has 2 aliphatic carbocycles. The number of fused-ring (bicyclic) bond motifs is 1. The second-order valence-electron chi connectivity index (χ2n) is 12.5. The predicted octanol–water partition coefficient (Wildman–Crippen LogP) is 6.00. The Balaban J connectivity index is 0.000000160. The molecule has 1 aromatic heterocycles. The van der Waals surface area contributed by atoms with Gasteiger partial charge in [0.05, 0.1) is 51.5 Å². The number of nitrogens with zero attached hydrogens (tertiary/aromatic N) is 3. The van der Waals surface area contributed by atoms with Gasteiger partial charge in [0.1, 0.15) is 6.26 Å². The minimum Gasteiger partial charge on any atom is -0.416 e. The molecule has 7 rings (SSSR count). The Morgan fingerprint density at radius 1 is 0.872 bits per heavy atom. The zero-order chi connectivity index (χ0) is 33.5. The number of epoxide rings is 1. The average Bonchev–Trinajstić information content (AvgIpc) is 3.68. The number of aliphatic hydroxyl groups excluding tert-OH is 1. The summed E-state index contributed by atoms with van der Waals surface area (Å²) in [6, 6.07) is 13.0. The number of aromatic nitrogens is 1. The highest BCUT2D eigenvalue weighted by Crippen LogP contribution is 2.36. The van der Waals surface area contributed by atoms with Gasteiger partial charge in [-0.1, -0.05) is 62.1 Å². The lowest BCUT2D eigenvalue weighted by atomic mass is 9.92. The highest BCUT2D eigenvalue weighted by Gasteiger charge is 2.39. The van der Waals surface area contributed by atoms with E-state index in [1.54, 1.807) is 49.6 Å². The molecular weight excluding hydrogens is 608 g/mol. The second-order valence-corrected chi connectivity index (χ2v) is 12.5. The molecular formula is C34H42N4O9. The third-order valence-electron chi connectivity index (χ3n) is 9.25. The largest absolute Gasteiger partial charge is 0.416 e. The van der Waals surface area contributed by atoms with Gasteiger partial charge in [-0.25, -0.2) is 9.53 Å². The van der Waals surface area contributed by atoms with Crippen LogP contribution in [0.15, 0.2) is 69.7 Å². The third-order valence-corrected chi connectivity index (χ3v) is 9.25. The lowest BCUT2D eigenvalue weighted by Gasteiger charge is -2.27. The lowest BCUT2D eigenvalue weighted by Crippen LogP contribution is -2.28. The maximum atomic E-state index is 12.3. The third kappa shape index (κ3) is 8.53. The van der Waals surface area contributed by atoms with E-state index in [1.807, 2.05) is 6.92 Å². The Morgan fingerprint density at radius 2 is 1.43 bits per heavy atom. The summed E-state index contributed by atoms with van der Waals surface area (Å²) >= 11 is 0. The molecule has 1 saturated heterocycles. The molecule has 0 bridgehead atoms. The minimum absolute atomic E-state index is 0.0123. The summed E-state index contributed by atoms with van der Waals surface area (Å²) in [6.07, 6.45) is 12.0. The molecule has 2 aliphatic heterocycles. The van der Waals surface area contributed by atoms with Gasteiger partial charge in [-0.15, -0.1) is 0 Å². The number of benzene rings is 2. The van der Waals surface area contributed by atoms with Gasteiger partial charge in [0.2, 0.25) is 0 Å². The fourth-order valence-electron chi connectivity index (χ4n) is 6.42. The summed E-state index contributed by atoms with van der Waals surface area (Å²) in [4.78, 5) is 38.4. The smallest absolute Gasteiger partial charge is 0.361 e. The highest BCUT2D eigenvalue weighted by molar-refractivity contribution is 5.44. The first kappa shape index (κ1) is 34.0. The molecule has 3 aromatic rings. The van der Waals surface area contributed by atoms with Crippen molar-refractivity contribution in [3.63, 3.8) is 0 Å². The molecule has 13 nitrogen and oxygen atoms in total. The maximum Gasteiger partial charge on any atom is 0.361 e. The first-order valence-corrected chi connectivity index (χ1v) is 16.2. The SMILES string of the molecule is C1CCC2OC2C1.CC1NOC=C1Cc1ccccc1[N+](=O)[O-].Cc1c(Cc2ccccc2[N+](=O)[O-])c(=O)on1C1CCCCC1O. The molecule has 3 fully saturated rings. The molecule has 5 atom stereocenters. The zero-order valence-corrected chi connectivity index (χ0v) is 26.7. The Bertz CT molecular complexity index is 1640. The van der Waals surface area contributed by atoms with Crippen LogP contribution < -0.4 is 11.1 Å². The first-order valence-electron chi connectivity index (χ1n) is 16.2. The molecule has 2 saturated carbocycles. The summed E-state index contributed by atoms with van der Waals surface area (Å²) in [7, 11) is 0. The van der Waals surface area contributed by atoms with Crippen molar-refractivity contribution in [1.82, 2.24) is 10.2 Å². The molecule has 2 N–H and O–H groups in total. The van der Waals surface area contributed by atoms with E-state index >= 15 is 0 Å². The monoisotopic (exact) mass is 650 g/mol. The average molecular weight is 651 g/mol. The normalized spacial score (nSPS) is 24.3. The van der Waals surface area contributed by atoms with Gasteiger partial charge in [0.15, 0.2) is 0 Å². The molecule has 0 amide bonds. The minimum atomic E-state index is -0.535. The van der Waals surface area contributed by atoms with Crippen molar-refractivity contribution in [2.75, 3.05) is 0 Å². The van der Waals surface area contributed by atoms with E-state index < -0.39 is 16.7 Å². The summed E-state index contributed by atoms with van der Waals surface area (Å²) in [5, 5.41) is 32.1. The molecule has 0 spiro atoms. The van der Waals surface area contributed by atoms with E-state index in [1.165, 1.54) is 42.6 Å². The van der Waals surface area contributed by atoms with E-state index in [-0.39, 0.29) is 34.8 Å². The predicted molar refractivity (Wildman–Crippen MR) is 173 cm³/mol. The number of aliphatic hydroxyl groups is 1. The van der Waals surface area contributed by atoms with Crippen molar-refractivity contribution >= 4 is 11.4 Å². The number of para-hydroxylation sites is 2. The molecule has 4 aliphatic rings. The number of hydrogen-bond donors (Lipinski definition) is 2. The molecule has 2 aromatic carbocycles. The van der Waals surface area contributed by atoms with Crippen molar-refractivity contribution in [2.24, 2.45) is 0 Å². The van der Waals surface area contributed by atoms with Crippen LogP contribution in [-0.4, -0.2) is 44.0 Å². The summed E-state index contributed by atoms with van der Waals surface area (Å²) in [5.74, 6) is 0. The van der Waals surface area contributed by atoms with Gasteiger partial charge in [-0.05, 0) is 45.1 Å². The van der Waals surface area contributed by atoms with Crippen LogP contribution in [-0.2, 0) is 22.4 Å². The van der Waals surface area contributed by atoms with E-state index in [0.717, 1.165) is 24.8 Å². The molecule has 13 heteroatoms. The van der Waals surface area contributed by atoms with Crippen LogP contribution in [0.25, 0.3) is 0 Å². The van der Waals surface area contributed by atoms with Crippen LogP contribution in [0.2, 0.25) is 0 Å². The molecule has 0 radical (unpaired) electrons. The number of rotatable bonds is 7. The van der Waals surface area contributed by atoms with E-state index in [9.17, 15) is 30.1 Å². The number of nitro benzene ring substituents is 2. The van der Waals surface area contributed by atoms with Crippen molar-refractivity contribution in [2.45, 2.75) is 108 Å². The van der Waals surface area contributed by atoms with Gasteiger partial charge in [0.25, 0.3) is 11.4 Å². The Labute approximate surface area is 272 Å². The van der Waals surface area contributed by atoms with Crippen molar-refractivity contribution < 1.29 is 29.1 Å². The number of ether oxygens (including phenoxy) is 1. The zero-order valence-electron chi connectivity index (χ0n) is 26.7. The van der Waals surface area contributed by atoms with Crippen molar-refractivity contribution in [3.8, 4) is 0 Å². The number of hydrogen-bond acceptors (Lipinski definition) is 10. The van der Waals surface area contributed by atoms with Gasteiger partial charge < -0.3 is 19.2 Å². The lowest BCUT2D eigenvalue weighted by molar-refractivity contribution is -0.385. The number of nitro groups is 2. The fraction of sp³-hybridized carbons (Fsp3) is 0.500. The van der Waals surface area contributed by atoms with Gasteiger partial charge in [0, 0.05) is 36.1 Å². The van der Waals surface area contributed by atoms with Crippen molar-refractivity contribution in [3.05, 3.63) is 113 Å². The topological polar surface area (TPSA) is 175 Å². The molecule has 3 heterocycles. The Kier molecular flexibility index (Phi) is 11.2. The Hall–Kier alpha value is -4.33. The van der Waals surface area contributed by atoms with E-state index in [0.29, 0.717) is 47.4 Å². The fourth-order valence-corrected chi connectivity index (χ4v) is 6.42. The van der Waals surface area contributed by atoms with Gasteiger partial charge in [-0.3, -0.25) is 20.2 Å². The van der Waals surface area contributed by atoms with E-state index in [4.69, 9.17) is 14.1 Å². The summed E-state index contributed by atoms with van der Waals surface area (Å²) in [5.41, 5.74) is 5.64. The first-order chi connectivity index (χ1) is 22.6. The van der Waals surface area contributed by atoms with E-state index in [2.05, 4.69) is 5.48 Å². The van der Waals surface area contributed by atoms with Crippen LogP contribution in [0, 0.1) is 27.2 Å². The quantitative estimate of drug-likeness (QED) is 0.175. The standard InChI is InChI=1S/C17H20N2O5.C11H12N2O3.C6H10O/c1-11-13(10-12-6-2-3-7-14(12)19(22)23)17(21)24-18(11)15-8-4-5-9-16(15)20;1-8-10(7-16-12-8)6-9-4-2-3-5-11(9)13(14)15;1-2-4-6-5(3-1)7-6/h2-3,6-7,15-16,20H,4-5,8-10H2,1H3;2-5,7-8,12H,6H2,1H3;5-6H,1-4H2. The van der Waals surface area contributed by atoms with Crippen LogP contribution >= 0.6 is 0 Å². The van der Waals surface area contributed by atoms with Gasteiger partial charge in [-0.2, -0.15) is 5.48 Å². The maximum absolute atomic E-state index is 12.3. The van der Waals surface area contributed by atoms with Crippen LogP contribution in [0.3, 0.4) is 0 Å².